The number of benzene rings is 1. The van der Waals surface area contributed by atoms with E-state index in [1.54, 1.807) is 6.07 Å². The van der Waals surface area contributed by atoms with Gasteiger partial charge in [-0.25, -0.2) is 18.1 Å². The molecule has 9 heteroatoms. The maximum Gasteiger partial charge on any atom is 0.270 e. The molecule has 8 nitrogen and oxygen atoms in total. The van der Waals surface area contributed by atoms with Gasteiger partial charge in [-0.1, -0.05) is 23.8 Å². The van der Waals surface area contributed by atoms with Gasteiger partial charge in [0.05, 0.1) is 5.69 Å². The second kappa shape index (κ2) is 9.87. The number of allylic oxidation sites excluding steroid dienone is 2. The van der Waals surface area contributed by atoms with E-state index in [1.165, 1.54) is 18.3 Å². The summed E-state index contributed by atoms with van der Waals surface area (Å²) in [6.07, 6.45) is 7.42. The van der Waals surface area contributed by atoms with Crippen LogP contribution in [0, 0.1) is 20.8 Å². The summed E-state index contributed by atoms with van der Waals surface area (Å²) in [5.74, 6) is -0.393. The van der Waals surface area contributed by atoms with E-state index in [2.05, 4.69) is 16.0 Å². The zero-order chi connectivity index (χ0) is 25.2. The number of aromatic amines is 1. The Hall–Kier alpha value is -3.72. The predicted molar refractivity (Wildman–Crippen MR) is 133 cm³/mol. The van der Waals surface area contributed by atoms with Gasteiger partial charge >= 0.3 is 0 Å². The number of nitrogens with one attached hydrogen (secondary N) is 2. The number of hydrogen-bond acceptors (Lipinski definition) is 6. The highest BCUT2D eigenvalue weighted by atomic mass is 32.2. The van der Waals surface area contributed by atoms with Crippen molar-refractivity contribution in [3.8, 4) is 11.6 Å². The minimum absolute atomic E-state index is 0.00121. The number of amides is 1. The van der Waals surface area contributed by atoms with Gasteiger partial charge in [0.25, 0.3) is 21.5 Å². The highest BCUT2D eigenvalue weighted by molar-refractivity contribution is 7.90. The molecule has 2 aromatic heterocycles. The number of carbonyl (C=O) groups excluding carboxylic acids is 1. The average molecular weight is 494 g/mol. The van der Waals surface area contributed by atoms with Crippen LogP contribution in [0.15, 0.2) is 58.4 Å². The summed E-state index contributed by atoms with van der Waals surface area (Å²) in [6.45, 7) is 5.77. The normalized spacial score (nSPS) is 13.7. The molecule has 2 heterocycles. The van der Waals surface area contributed by atoms with E-state index < -0.39 is 26.4 Å². The van der Waals surface area contributed by atoms with Gasteiger partial charge < -0.3 is 9.72 Å². The fraction of sp³-hybridized carbons (Fsp3) is 0.269. The Kier molecular flexibility index (Phi) is 6.88. The van der Waals surface area contributed by atoms with Crippen LogP contribution in [0.3, 0.4) is 0 Å². The number of nitrogens with zero attached hydrogens (tertiary/aromatic N) is 1. The van der Waals surface area contributed by atoms with Gasteiger partial charge in [0.15, 0.2) is 4.90 Å². The van der Waals surface area contributed by atoms with E-state index in [0.717, 1.165) is 54.0 Å². The van der Waals surface area contributed by atoms with Crippen LogP contribution in [-0.2, 0) is 10.0 Å². The summed E-state index contributed by atoms with van der Waals surface area (Å²) >= 11 is 0. The van der Waals surface area contributed by atoms with Crippen LogP contribution in [0.2, 0.25) is 0 Å². The van der Waals surface area contributed by atoms with Gasteiger partial charge in [0.1, 0.15) is 11.3 Å². The molecular formula is C26H27N3O5S. The molecule has 0 saturated carbocycles. The Bertz CT molecular complexity index is 1470. The van der Waals surface area contributed by atoms with Crippen molar-refractivity contribution in [1.29, 1.82) is 0 Å². The number of H-pyrrole nitrogens is 1. The lowest BCUT2D eigenvalue weighted by atomic mass is 9.96. The average Bonchev–Trinajstić information content (AvgIpc) is 2.81. The van der Waals surface area contributed by atoms with Crippen LogP contribution < -0.4 is 15.0 Å². The molecule has 0 saturated heterocycles. The topological polar surface area (TPSA) is 118 Å². The van der Waals surface area contributed by atoms with Gasteiger partial charge in [0.2, 0.25) is 5.88 Å². The van der Waals surface area contributed by atoms with Crippen molar-refractivity contribution in [2.75, 3.05) is 0 Å². The van der Waals surface area contributed by atoms with Gasteiger partial charge in [-0.2, -0.15) is 0 Å². The first kappa shape index (κ1) is 24.4. The second-order valence-corrected chi connectivity index (χ2v) is 10.3. The summed E-state index contributed by atoms with van der Waals surface area (Å²) in [6, 6.07) is 9.61. The smallest absolute Gasteiger partial charge is 0.270 e. The molecule has 35 heavy (non-hydrogen) atoms. The summed E-state index contributed by atoms with van der Waals surface area (Å²) in [5, 5.41) is 0. The molecule has 0 fully saturated rings. The van der Waals surface area contributed by atoms with Crippen molar-refractivity contribution >= 4 is 21.5 Å². The van der Waals surface area contributed by atoms with Gasteiger partial charge in [0, 0.05) is 6.20 Å². The molecule has 0 aliphatic heterocycles. The van der Waals surface area contributed by atoms with E-state index in [0.29, 0.717) is 11.4 Å². The van der Waals surface area contributed by atoms with E-state index in [4.69, 9.17) is 4.74 Å². The quantitative estimate of drug-likeness (QED) is 0.520. The third kappa shape index (κ3) is 5.35. The van der Waals surface area contributed by atoms with Gasteiger partial charge in [-0.15, -0.1) is 0 Å². The third-order valence-corrected chi connectivity index (χ3v) is 7.18. The molecule has 2 N–H and O–H groups in total. The highest BCUT2D eigenvalue weighted by Gasteiger charge is 2.25. The van der Waals surface area contributed by atoms with E-state index >= 15 is 0 Å². The van der Waals surface area contributed by atoms with Crippen molar-refractivity contribution in [1.82, 2.24) is 14.7 Å². The number of aryl methyl sites for hydroxylation is 3. The van der Waals surface area contributed by atoms with Crippen molar-refractivity contribution in [3.63, 3.8) is 0 Å². The Morgan fingerprint density at radius 3 is 2.49 bits per heavy atom. The van der Waals surface area contributed by atoms with E-state index in [9.17, 15) is 18.0 Å². The lowest BCUT2D eigenvalue weighted by Crippen LogP contribution is -2.34. The first-order valence-corrected chi connectivity index (χ1v) is 12.8. The molecule has 4 rings (SSSR count). The monoisotopic (exact) mass is 493 g/mol. The summed E-state index contributed by atoms with van der Waals surface area (Å²) < 4.78 is 33.6. The van der Waals surface area contributed by atoms with E-state index in [1.807, 2.05) is 37.6 Å². The fourth-order valence-corrected chi connectivity index (χ4v) is 5.24. The predicted octanol–water partition coefficient (Wildman–Crippen LogP) is 4.56. The molecule has 1 aromatic carbocycles. The molecule has 1 aliphatic carbocycles. The van der Waals surface area contributed by atoms with Crippen LogP contribution in [0.1, 0.15) is 58.4 Å². The minimum Gasteiger partial charge on any atom is -0.438 e. The summed E-state index contributed by atoms with van der Waals surface area (Å²) in [5.41, 5.74) is 3.66. The number of rotatable bonds is 6. The van der Waals surface area contributed by atoms with Crippen LogP contribution in [0.4, 0.5) is 0 Å². The van der Waals surface area contributed by atoms with Crippen molar-refractivity contribution in [3.05, 3.63) is 87.0 Å². The standard InChI is InChI=1S/C26H27N3O5S/c1-16-14-17(2)23(18(3)15-16)34-26-20(11-12-21(28-26)19-8-5-4-6-9-19)24(30)29-35(32,33)22-10-7-13-27-25(22)31/h7-8,10-15H,4-6,9H2,1-3H3,(H,27,31)(H,29,30). The molecular weight excluding hydrogens is 466 g/mol. The summed E-state index contributed by atoms with van der Waals surface area (Å²) in [4.78, 5) is 31.5. The molecule has 0 bridgehead atoms. The van der Waals surface area contributed by atoms with Crippen molar-refractivity contribution < 1.29 is 17.9 Å². The van der Waals surface area contributed by atoms with Crippen LogP contribution in [-0.4, -0.2) is 24.3 Å². The second-order valence-electron chi connectivity index (χ2n) is 8.65. The lowest BCUT2D eigenvalue weighted by Gasteiger charge is -2.17. The molecule has 182 valence electrons. The molecule has 1 aliphatic rings. The first-order valence-electron chi connectivity index (χ1n) is 11.4. The Morgan fingerprint density at radius 2 is 1.83 bits per heavy atom. The number of hydrogen-bond donors (Lipinski definition) is 2. The Balaban J connectivity index is 1.76. The molecule has 1 amide bonds. The highest BCUT2D eigenvalue weighted by Crippen LogP contribution is 2.33. The SMILES string of the molecule is Cc1cc(C)c(Oc2nc(C3=CCCCC3)ccc2C(=O)NS(=O)(=O)c2ccc[nH]c2=O)c(C)c1. The maximum absolute atomic E-state index is 13.1. The van der Waals surface area contributed by atoms with Crippen LogP contribution >= 0.6 is 0 Å². The van der Waals surface area contributed by atoms with Crippen molar-refractivity contribution in [2.45, 2.75) is 51.3 Å². The minimum atomic E-state index is -4.42. The van der Waals surface area contributed by atoms with Gasteiger partial charge in [-0.05, 0) is 87.4 Å². The lowest BCUT2D eigenvalue weighted by molar-refractivity contribution is 0.0978. The number of sulfonamides is 1. The Morgan fingerprint density at radius 1 is 1.09 bits per heavy atom. The van der Waals surface area contributed by atoms with Gasteiger partial charge in [-0.3, -0.25) is 9.59 Å². The molecule has 0 unspecified atom stereocenters. The number of ether oxygens (including phenoxy) is 1. The zero-order valence-corrected chi connectivity index (χ0v) is 20.7. The number of carbonyl (C=O) groups is 1. The van der Waals surface area contributed by atoms with E-state index in [-0.39, 0.29) is 11.4 Å². The molecule has 0 atom stereocenters. The fourth-order valence-electron chi connectivity index (χ4n) is 4.21. The largest absolute Gasteiger partial charge is 0.438 e. The zero-order valence-electron chi connectivity index (χ0n) is 19.8. The maximum atomic E-state index is 13.1. The molecule has 0 radical (unpaired) electrons. The van der Waals surface area contributed by atoms with Crippen molar-refractivity contribution in [2.24, 2.45) is 0 Å². The molecule has 3 aromatic rings. The molecule has 0 spiro atoms. The Labute approximate surface area is 204 Å². The first-order chi connectivity index (χ1) is 16.7. The number of pyridine rings is 2. The number of aromatic nitrogens is 2. The third-order valence-electron chi connectivity index (χ3n) is 5.83. The van der Waals surface area contributed by atoms with Crippen LogP contribution in [0.5, 0.6) is 11.6 Å². The van der Waals surface area contributed by atoms with Crippen LogP contribution in [0.25, 0.3) is 5.57 Å². The summed E-state index contributed by atoms with van der Waals surface area (Å²) in [7, 11) is -4.42.